The summed E-state index contributed by atoms with van der Waals surface area (Å²) in [6, 6.07) is 16.6. The Bertz CT molecular complexity index is 1100. The van der Waals surface area contributed by atoms with Gasteiger partial charge in [0.2, 0.25) is 0 Å². The average Bonchev–Trinajstić information content (AvgIpc) is 2.73. The zero-order valence-corrected chi connectivity index (χ0v) is 16.4. The highest BCUT2D eigenvalue weighted by molar-refractivity contribution is 5.99. The van der Waals surface area contributed by atoms with Crippen molar-refractivity contribution < 1.29 is 14.5 Å². The maximum Gasteiger partial charge on any atom is 0.357 e. The van der Waals surface area contributed by atoms with Crippen molar-refractivity contribution in [2.24, 2.45) is 0 Å². The van der Waals surface area contributed by atoms with Gasteiger partial charge >= 0.3 is 5.96 Å². The van der Waals surface area contributed by atoms with Crippen molar-refractivity contribution in [2.45, 2.75) is 13.1 Å². The molecule has 8 heteroatoms. The van der Waals surface area contributed by atoms with Crippen LogP contribution in [0.15, 0.2) is 59.4 Å². The summed E-state index contributed by atoms with van der Waals surface area (Å²) in [5.41, 5.74) is 2.26. The van der Waals surface area contributed by atoms with Crippen LogP contribution in [-0.2, 0) is 0 Å². The molecule has 2 heterocycles. The Labute approximate surface area is 167 Å². The van der Waals surface area contributed by atoms with Crippen LogP contribution < -0.4 is 30.7 Å². The summed E-state index contributed by atoms with van der Waals surface area (Å²) in [7, 11) is 3.25. The summed E-state index contributed by atoms with van der Waals surface area (Å²) in [5, 5.41) is 6.46. The Balaban J connectivity index is 1.74. The highest BCUT2D eigenvalue weighted by Gasteiger charge is 2.29. The van der Waals surface area contributed by atoms with Gasteiger partial charge in [0.25, 0.3) is 11.5 Å². The van der Waals surface area contributed by atoms with Gasteiger partial charge in [0.1, 0.15) is 11.5 Å². The van der Waals surface area contributed by atoms with E-state index in [2.05, 4.69) is 20.6 Å². The molecule has 0 saturated carbocycles. The summed E-state index contributed by atoms with van der Waals surface area (Å²) in [6.45, 7) is 1.80. The lowest BCUT2D eigenvalue weighted by Crippen LogP contribution is -2.82. The maximum atomic E-state index is 12.7. The molecule has 4 rings (SSSR count). The highest BCUT2D eigenvalue weighted by atomic mass is 16.5. The van der Waals surface area contributed by atoms with Crippen molar-refractivity contribution in [3.63, 3.8) is 0 Å². The second-order valence-corrected chi connectivity index (χ2v) is 6.60. The van der Waals surface area contributed by atoms with Gasteiger partial charge < -0.3 is 9.47 Å². The molecule has 3 N–H and O–H groups in total. The van der Waals surface area contributed by atoms with Crippen molar-refractivity contribution in [3.05, 3.63) is 76.2 Å². The number of hydrogen-bond donors (Lipinski definition) is 3. The molecule has 0 spiro atoms. The topological polar surface area (TPSA) is 91.4 Å². The first-order valence-electron chi connectivity index (χ1n) is 9.13. The van der Waals surface area contributed by atoms with E-state index in [0.717, 1.165) is 22.7 Å². The highest BCUT2D eigenvalue weighted by Crippen LogP contribution is 2.20. The second kappa shape index (κ2) is 7.67. The molecule has 1 aliphatic rings. The molecule has 3 aromatic rings. The molecule has 0 fully saturated rings. The third kappa shape index (κ3) is 3.77. The molecule has 2 aromatic carbocycles. The van der Waals surface area contributed by atoms with Gasteiger partial charge in [-0.2, -0.15) is 0 Å². The molecule has 1 aliphatic heterocycles. The van der Waals surface area contributed by atoms with Crippen LogP contribution in [0.3, 0.4) is 0 Å². The Kier molecular flexibility index (Phi) is 4.90. The minimum Gasteiger partial charge on any atom is -0.497 e. The van der Waals surface area contributed by atoms with E-state index in [4.69, 9.17) is 9.47 Å². The van der Waals surface area contributed by atoms with Crippen LogP contribution in [0.5, 0.6) is 11.5 Å². The predicted octanol–water partition coefficient (Wildman–Crippen LogP) is 1.09. The quantitative estimate of drug-likeness (QED) is 0.616. The van der Waals surface area contributed by atoms with E-state index in [9.17, 15) is 4.79 Å². The number of guanidine groups is 1. The third-order valence-corrected chi connectivity index (χ3v) is 4.65. The Morgan fingerprint density at radius 2 is 1.66 bits per heavy atom. The van der Waals surface area contributed by atoms with E-state index in [0.29, 0.717) is 17.6 Å². The Morgan fingerprint density at radius 3 is 2.28 bits per heavy atom. The number of nitrogens with one attached hydrogen (secondary N) is 3. The van der Waals surface area contributed by atoms with Crippen molar-refractivity contribution in [1.29, 1.82) is 0 Å². The number of aryl methyl sites for hydroxylation is 1. The number of rotatable bonds is 4. The molecule has 8 nitrogen and oxygen atoms in total. The number of methoxy groups -OCH3 is 2. The molecule has 0 radical (unpaired) electrons. The van der Waals surface area contributed by atoms with Gasteiger partial charge in [-0.15, -0.1) is 0 Å². The maximum absolute atomic E-state index is 12.7. The first-order chi connectivity index (χ1) is 14.1. The number of anilines is 2. The SMILES string of the molecule is COc1ccc(NC2=[NH+][C@H](c3ccc(OC)cc3)n3c(nc(C)cc3=O)N2)cc1. The molecule has 0 amide bonds. The Morgan fingerprint density at radius 1 is 1.03 bits per heavy atom. The molecule has 1 aromatic heterocycles. The van der Waals surface area contributed by atoms with Gasteiger partial charge in [0.05, 0.1) is 19.9 Å². The first kappa shape index (κ1) is 18.5. The van der Waals surface area contributed by atoms with Crippen molar-refractivity contribution in [2.75, 3.05) is 24.9 Å². The van der Waals surface area contributed by atoms with E-state index >= 15 is 0 Å². The molecule has 148 valence electrons. The number of ether oxygens (including phenoxy) is 2. The fourth-order valence-corrected chi connectivity index (χ4v) is 3.20. The van der Waals surface area contributed by atoms with Crippen molar-refractivity contribution in [1.82, 2.24) is 9.55 Å². The summed E-state index contributed by atoms with van der Waals surface area (Å²) in [4.78, 5) is 20.6. The largest absolute Gasteiger partial charge is 0.497 e. The minimum atomic E-state index is -0.432. The van der Waals surface area contributed by atoms with Crippen LogP contribution in [0, 0.1) is 6.92 Å². The molecular weight excluding hydrogens is 370 g/mol. The van der Waals surface area contributed by atoms with Gasteiger partial charge in [-0.25, -0.2) is 20.2 Å². The smallest absolute Gasteiger partial charge is 0.357 e. The number of hydrogen-bond acceptors (Lipinski definition) is 6. The van der Waals surface area contributed by atoms with Crippen LogP contribution in [0.4, 0.5) is 11.6 Å². The first-order valence-corrected chi connectivity index (χ1v) is 9.13. The van der Waals surface area contributed by atoms with Crippen molar-refractivity contribution in [3.8, 4) is 11.5 Å². The Hall–Kier alpha value is -3.81. The molecule has 0 unspecified atom stereocenters. The van der Waals surface area contributed by atoms with Crippen molar-refractivity contribution >= 4 is 17.6 Å². The van der Waals surface area contributed by atoms with E-state index in [1.807, 2.05) is 48.5 Å². The fraction of sp³-hybridized carbons (Fsp3) is 0.190. The average molecular weight is 392 g/mol. The lowest BCUT2D eigenvalue weighted by molar-refractivity contribution is -0.520. The molecule has 1 atom stereocenters. The monoisotopic (exact) mass is 392 g/mol. The second-order valence-electron chi connectivity index (χ2n) is 6.60. The van der Waals surface area contributed by atoms with Crippen LogP contribution in [0.1, 0.15) is 17.4 Å². The molecule has 0 aliphatic carbocycles. The third-order valence-electron chi connectivity index (χ3n) is 4.65. The lowest BCUT2D eigenvalue weighted by atomic mass is 10.1. The van der Waals surface area contributed by atoms with Gasteiger partial charge in [-0.05, 0) is 55.5 Å². The van der Waals surface area contributed by atoms with Crippen LogP contribution in [0.2, 0.25) is 0 Å². The molecular formula is C21H22N5O3+. The minimum absolute atomic E-state index is 0.142. The number of nitrogens with zero attached hydrogens (tertiary/aromatic N) is 2. The zero-order chi connectivity index (χ0) is 20.4. The normalized spacial score (nSPS) is 15.0. The molecule has 29 heavy (non-hydrogen) atoms. The van der Waals surface area contributed by atoms with Gasteiger partial charge in [0.15, 0.2) is 6.17 Å². The molecule has 0 saturated heterocycles. The molecule has 0 bridgehead atoms. The van der Waals surface area contributed by atoms with Gasteiger partial charge in [-0.3, -0.25) is 9.79 Å². The van der Waals surface area contributed by atoms with Crippen LogP contribution >= 0.6 is 0 Å². The standard InChI is InChI=1S/C21H21N5O3/c1-13-12-18(27)26-19(14-4-8-16(28-2)9-5-14)24-20(25-21(26)22-13)23-15-6-10-17(29-3)11-7-15/h4-12,19H,1-3H3,(H2,22,23,24,25)/p+1/t19-/m0/s1. The van der Waals surface area contributed by atoms with E-state index < -0.39 is 6.17 Å². The summed E-state index contributed by atoms with van der Waals surface area (Å²) >= 11 is 0. The summed E-state index contributed by atoms with van der Waals surface area (Å²) in [5.74, 6) is 2.60. The number of aromatic nitrogens is 2. The summed E-state index contributed by atoms with van der Waals surface area (Å²) in [6.07, 6.45) is -0.432. The zero-order valence-electron chi connectivity index (χ0n) is 16.4. The van der Waals surface area contributed by atoms with Crippen LogP contribution in [0.25, 0.3) is 0 Å². The lowest BCUT2D eigenvalue weighted by Gasteiger charge is -2.23. The fourth-order valence-electron chi connectivity index (χ4n) is 3.20. The van der Waals surface area contributed by atoms with E-state index in [-0.39, 0.29) is 5.56 Å². The van der Waals surface area contributed by atoms with E-state index in [1.165, 1.54) is 6.07 Å². The number of benzene rings is 2. The number of fused-ring (bicyclic) bond motifs is 1. The van der Waals surface area contributed by atoms with Gasteiger partial charge in [-0.1, -0.05) is 0 Å². The predicted molar refractivity (Wildman–Crippen MR) is 111 cm³/mol. The summed E-state index contributed by atoms with van der Waals surface area (Å²) < 4.78 is 12.0. The van der Waals surface area contributed by atoms with E-state index in [1.54, 1.807) is 25.7 Å². The van der Waals surface area contributed by atoms with Gasteiger partial charge in [0, 0.05) is 17.3 Å². The van der Waals surface area contributed by atoms with Crippen LogP contribution in [-0.4, -0.2) is 29.7 Å².